The van der Waals surface area contributed by atoms with Crippen LogP contribution in [0.15, 0.2) is 18.2 Å². The summed E-state index contributed by atoms with van der Waals surface area (Å²) >= 11 is 0. The number of hydrogen-bond acceptors (Lipinski definition) is 5. The molecule has 1 aromatic heterocycles. The van der Waals surface area contributed by atoms with Gasteiger partial charge >= 0.3 is 5.97 Å². The summed E-state index contributed by atoms with van der Waals surface area (Å²) in [6.07, 6.45) is 0. The Kier molecular flexibility index (Phi) is 4.08. The van der Waals surface area contributed by atoms with E-state index in [1.165, 1.54) is 0 Å². The second-order valence-electron chi connectivity index (χ2n) is 4.21. The van der Waals surface area contributed by atoms with E-state index in [2.05, 4.69) is 4.98 Å². The van der Waals surface area contributed by atoms with E-state index in [0.717, 1.165) is 5.39 Å². The van der Waals surface area contributed by atoms with Crippen LogP contribution in [0.4, 0.5) is 0 Å². The van der Waals surface area contributed by atoms with Crippen molar-refractivity contribution in [3.05, 3.63) is 29.5 Å². The van der Waals surface area contributed by atoms with Gasteiger partial charge in [0.1, 0.15) is 17.0 Å². The van der Waals surface area contributed by atoms with Gasteiger partial charge in [0.25, 0.3) is 0 Å². The van der Waals surface area contributed by atoms with Crippen molar-refractivity contribution in [2.24, 2.45) is 0 Å². The molecule has 1 aromatic carbocycles. The van der Waals surface area contributed by atoms with Gasteiger partial charge in [0, 0.05) is 5.39 Å². The number of fused-ring (bicyclic) bond motifs is 1. The van der Waals surface area contributed by atoms with Gasteiger partial charge in [-0.25, -0.2) is 9.78 Å². The van der Waals surface area contributed by atoms with Crippen molar-refractivity contribution in [1.82, 2.24) is 4.98 Å². The Morgan fingerprint density at radius 2 is 1.85 bits per heavy atom. The van der Waals surface area contributed by atoms with E-state index < -0.39 is 0 Å². The molecule has 0 amide bonds. The van der Waals surface area contributed by atoms with Crippen LogP contribution >= 0.6 is 0 Å². The van der Waals surface area contributed by atoms with Crippen LogP contribution in [0.25, 0.3) is 10.9 Å². The van der Waals surface area contributed by atoms with Gasteiger partial charge in [-0.1, -0.05) is 0 Å². The number of nitrogens with zero attached hydrogens (tertiary/aromatic N) is 1. The fourth-order valence-corrected chi connectivity index (χ4v) is 2.06. The molecule has 0 spiro atoms. The van der Waals surface area contributed by atoms with Gasteiger partial charge in [-0.2, -0.15) is 0 Å². The number of methoxy groups -OCH3 is 2. The van der Waals surface area contributed by atoms with Crippen molar-refractivity contribution in [3.8, 4) is 11.5 Å². The van der Waals surface area contributed by atoms with Crippen LogP contribution in [0, 0.1) is 6.92 Å². The van der Waals surface area contributed by atoms with Crippen molar-refractivity contribution in [3.63, 3.8) is 0 Å². The molecule has 0 aliphatic rings. The zero-order valence-corrected chi connectivity index (χ0v) is 12.0. The number of carbonyl (C=O) groups is 1. The van der Waals surface area contributed by atoms with Crippen LogP contribution in [0.1, 0.15) is 23.0 Å². The summed E-state index contributed by atoms with van der Waals surface area (Å²) in [5.74, 6) is 0.891. The SMILES string of the molecule is CCOC(=O)c1cc2c(OC)ccc(OC)c2nc1C. The van der Waals surface area contributed by atoms with E-state index in [1.807, 2.05) is 0 Å². The van der Waals surface area contributed by atoms with Crippen LogP contribution in [0.2, 0.25) is 0 Å². The number of aromatic nitrogens is 1. The van der Waals surface area contributed by atoms with E-state index in [4.69, 9.17) is 14.2 Å². The van der Waals surface area contributed by atoms with Gasteiger partial charge < -0.3 is 14.2 Å². The number of benzene rings is 1. The molecule has 0 bridgehead atoms. The van der Waals surface area contributed by atoms with E-state index in [1.54, 1.807) is 46.3 Å². The van der Waals surface area contributed by atoms with Crippen LogP contribution in [-0.2, 0) is 4.74 Å². The summed E-state index contributed by atoms with van der Waals surface area (Å²) in [5.41, 5.74) is 1.70. The first-order chi connectivity index (χ1) is 9.62. The fourth-order valence-electron chi connectivity index (χ4n) is 2.06. The van der Waals surface area contributed by atoms with E-state index in [0.29, 0.717) is 34.9 Å². The molecule has 0 saturated carbocycles. The highest BCUT2D eigenvalue weighted by molar-refractivity contribution is 5.98. The first kappa shape index (κ1) is 14.1. The average molecular weight is 275 g/mol. The number of esters is 1. The summed E-state index contributed by atoms with van der Waals surface area (Å²) in [6.45, 7) is 3.86. The summed E-state index contributed by atoms with van der Waals surface area (Å²) in [6, 6.07) is 5.31. The molecular formula is C15H17NO4. The third kappa shape index (κ3) is 2.39. The van der Waals surface area contributed by atoms with Gasteiger partial charge in [0.05, 0.1) is 32.1 Å². The molecule has 20 heavy (non-hydrogen) atoms. The minimum Gasteiger partial charge on any atom is -0.496 e. The zero-order chi connectivity index (χ0) is 14.7. The number of rotatable bonds is 4. The normalized spacial score (nSPS) is 10.4. The molecule has 0 aliphatic heterocycles. The van der Waals surface area contributed by atoms with Crippen molar-refractivity contribution < 1.29 is 19.0 Å². The molecule has 0 radical (unpaired) electrons. The molecule has 0 atom stereocenters. The first-order valence-electron chi connectivity index (χ1n) is 6.31. The maximum absolute atomic E-state index is 11.9. The fraction of sp³-hybridized carbons (Fsp3) is 0.333. The topological polar surface area (TPSA) is 57.7 Å². The summed E-state index contributed by atoms with van der Waals surface area (Å²) in [5, 5.41) is 0.723. The summed E-state index contributed by atoms with van der Waals surface area (Å²) in [4.78, 5) is 16.4. The molecule has 1 heterocycles. The Bertz CT molecular complexity index is 652. The van der Waals surface area contributed by atoms with Gasteiger partial charge in [-0.3, -0.25) is 0 Å². The van der Waals surface area contributed by atoms with Crippen molar-refractivity contribution in [2.45, 2.75) is 13.8 Å². The second kappa shape index (κ2) is 5.77. The number of hydrogen-bond donors (Lipinski definition) is 0. The van der Waals surface area contributed by atoms with Gasteiger partial charge in [0.2, 0.25) is 0 Å². The van der Waals surface area contributed by atoms with E-state index >= 15 is 0 Å². The Balaban J connectivity index is 2.70. The monoisotopic (exact) mass is 275 g/mol. The number of aryl methyl sites for hydroxylation is 1. The second-order valence-corrected chi connectivity index (χ2v) is 4.21. The number of ether oxygens (including phenoxy) is 3. The Morgan fingerprint density at radius 3 is 2.45 bits per heavy atom. The predicted molar refractivity (Wildman–Crippen MR) is 75.5 cm³/mol. The molecule has 5 heteroatoms. The molecule has 2 aromatic rings. The molecule has 0 fully saturated rings. The lowest BCUT2D eigenvalue weighted by Crippen LogP contribution is -2.08. The predicted octanol–water partition coefficient (Wildman–Crippen LogP) is 2.74. The summed E-state index contributed by atoms with van der Waals surface area (Å²) in [7, 11) is 3.16. The van der Waals surface area contributed by atoms with Crippen molar-refractivity contribution in [2.75, 3.05) is 20.8 Å². The molecule has 0 unspecified atom stereocenters. The van der Waals surface area contributed by atoms with Crippen molar-refractivity contribution in [1.29, 1.82) is 0 Å². The van der Waals surface area contributed by atoms with Crippen molar-refractivity contribution >= 4 is 16.9 Å². The first-order valence-corrected chi connectivity index (χ1v) is 6.31. The highest BCUT2D eigenvalue weighted by atomic mass is 16.5. The molecule has 0 aliphatic carbocycles. The molecule has 0 N–H and O–H groups in total. The smallest absolute Gasteiger partial charge is 0.339 e. The van der Waals surface area contributed by atoms with Gasteiger partial charge in [-0.15, -0.1) is 0 Å². The lowest BCUT2D eigenvalue weighted by molar-refractivity contribution is 0.0525. The molecule has 0 saturated heterocycles. The quantitative estimate of drug-likeness (QED) is 0.803. The standard InChI is InChI=1S/C15H17NO4/c1-5-20-15(17)10-8-11-12(18-3)6-7-13(19-4)14(11)16-9(10)2/h6-8H,5H2,1-4H3. The van der Waals surface area contributed by atoms with E-state index in [-0.39, 0.29) is 5.97 Å². The Labute approximate surface area is 117 Å². The molecular weight excluding hydrogens is 258 g/mol. The van der Waals surface area contributed by atoms with Crippen LogP contribution in [-0.4, -0.2) is 31.8 Å². The Hall–Kier alpha value is -2.30. The lowest BCUT2D eigenvalue weighted by atomic mass is 10.1. The number of carbonyl (C=O) groups excluding carboxylic acids is 1. The zero-order valence-electron chi connectivity index (χ0n) is 12.0. The largest absolute Gasteiger partial charge is 0.496 e. The number of pyridine rings is 1. The third-order valence-corrected chi connectivity index (χ3v) is 3.03. The van der Waals surface area contributed by atoms with E-state index in [9.17, 15) is 4.79 Å². The maximum atomic E-state index is 11.9. The highest BCUT2D eigenvalue weighted by Gasteiger charge is 2.16. The molecule has 5 nitrogen and oxygen atoms in total. The van der Waals surface area contributed by atoms with Gasteiger partial charge in [-0.05, 0) is 32.0 Å². The summed E-state index contributed by atoms with van der Waals surface area (Å²) < 4.78 is 15.6. The maximum Gasteiger partial charge on any atom is 0.339 e. The lowest BCUT2D eigenvalue weighted by Gasteiger charge is -2.12. The van der Waals surface area contributed by atoms with Crippen LogP contribution in [0.3, 0.4) is 0 Å². The minimum atomic E-state index is -0.385. The molecule has 2 rings (SSSR count). The highest BCUT2D eigenvalue weighted by Crippen LogP contribution is 2.33. The minimum absolute atomic E-state index is 0.325. The van der Waals surface area contributed by atoms with Crippen LogP contribution < -0.4 is 9.47 Å². The Morgan fingerprint density at radius 1 is 1.20 bits per heavy atom. The molecule has 106 valence electrons. The third-order valence-electron chi connectivity index (χ3n) is 3.03. The average Bonchev–Trinajstić information content (AvgIpc) is 2.45. The van der Waals surface area contributed by atoms with Gasteiger partial charge in [0.15, 0.2) is 0 Å². The van der Waals surface area contributed by atoms with Crippen LogP contribution in [0.5, 0.6) is 11.5 Å².